The molecule has 3 heteroatoms. The number of piperidine rings is 1. The number of hydrogen-bond donors (Lipinski definition) is 1. The van der Waals surface area contributed by atoms with Gasteiger partial charge in [-0.1, -0.05) is 13.8 Å². The van der Waals surface area contributed by atoms with Crippen molar-refractivity contribution in [2.24, 2.45) is 11.3 Å². The van der Waals surface area contributed by atoms with Crippen LogP contribution < -0.4 is 5.32 Å². The maximum Gasteiger partial charge on any atom is 0.0531 e. The van der Waals surface area contributed by atoms with Gasteiger partial charge in [0.25, 0.3) is 0 Å². The Balaban J connectivity index is 2.42. The van der Waals surface area contributed by atoms with Crippen molar-refractivity contribution < 1.29 is 4.74 Å². The van der Waals surface area contributed by atoms with E-state index >= 15 is 0 Å². The third kappa shape index (κ3) is 5.36. The first-order chi connectivity index (χ1) is 8.08. The van der Waals surface area contributed by atoms with E-state index in [0.717, 1.165) is 25.6 Å². The lowest BCUT2D eigenvalue weighted by molar-refractivity contribution is 0.0277. The first-order valence-electron chi connectivity index (χ1n) is 6.96. The van der Waals surface area contributed by atoms with Gasteiger partial charge in [0, 0.05) is 19.1 Å². The molecule has 0 bridgehead atoms. The van der Waals surface area contributed by atoms with Crippen molar-refractivity contribution in [3.05, 3.63) is 0 Å². The minimum atomic E-state index is 0.381. The van der Waals surface area contributed by atoms with E-state index in [9.17, 15) is 0 Å². The maximum absolute atomic E-state index is 5.46. The van der Waals surface area contributed by atoms with Crippen molar-refractivity contribution >= 4 is 0 Å². The number of nitrogens with zero attached hydrogens (tertiary/aromatic N) is 1. The highest BCUT2D eigenvalue weighted by Gasteiger charge is 2.33. The van der Waals surface area contributed by atoms with Crippen LogP contribution in [-0.4, -0.2) is 51.8 Å². The molecule has 3 nitrogen and oxygen atoms in total. The van der Waals surface area contributed by atoms with E-state index in [-0.39, 0.29) is 0 Å². The average Bonchev–Trinajstić information content (AvgIpc) is 2.28. The van der Waals surface area contributed by atoms with Crippen molar-refractivity contribution in [3.8, 4) is 0 Å². The van der Waals surface area contributed by atoms with E-state index in [4.69, 9.17) is 4.74 Å². The Hall–Kier alpha value is -0.120. The van der Waals surface area contributed by atoms with Gasteiger partial charge >= 0.3 is 0 Å². The van der Waals surface area contributed by atoms with Gasteiger partial charge in [-0.2, -0.15) is 0 Å². The molecule has 0 aliphatic carbocycles. The summed E-state index contributed by atoms with van der Waals surface area (Å²) in [6, 6.07) is 0. The van der Waals surface area contributed by atoms with Gasteiger partial charge in [0.2, 0.25) is 0 Å². The number of ether oxygens (including phenoxy) is 1. The van der Waals surface area contributed by atoms with Gasteiger partial charge < -0.3 is 15.0 Å². The van der Waals surface area contributed by atoms with Crippen LogP contribution in [0.1, 0.15) is 33.1 Å². The molecule has 0 unspecified atom stereocenters. The number of hydrogen-bond acceptors (Lipinski definition) is 3. The van der Waals surface area contributed by atoms with Gasteiger partial charge in [0.05, 0.1) is 6.61 Å². The van der Waals surface area contributed by atoms with Gasteiger partial charge in [-0.15, -0.1) is 0 Å². The average molecular weight is 242 g/mol. The van der Waals surface area contributed by atoms with Gasteiger partial charge in [0.1, 0.15) is 0 Å². The summed E-state index contributed by atoms with van der Waals surface area (Å²) < 4.78 is 5.46. The summed E-state index contributed by atoms with van der Waals surface area (Å²) in [4.78, 5) is 2.49. The monoisotopic (exact) mass is 242 g/mol. The first kappa shape index (κ1) is 14.9. The Morgan fingerprint density at radius 3 is 2.47 bits per heavy atom. The Bertz CT molecular complexity index is 195. The van der Waals surface area contributed by atoms with E-state index in [0.29, 0.717) is 5.41 Å². The molecule has 1 aliphatic rings. The molecule has 1 rings (SSSR count). The second-order valence-corrected chi connectivity index (χ2v) is 6.10. The van der Waals surface area contributed by atoms with E-state index in [1.54, 1.807) is 0 Å². The molecule has 1 heterocycles. The molecule has 1 saturated heterocycles. The van der Waals surface area contributed by atoms with Crippen LogP contribution in [-0.2, 0) is 4.74 Å². The topological polar surface area (TPSA) is 24.5 Å². The molecule has 0 amide bonds. The summed E-state index contributed by atoms with van der Waals surface area (Å²) in [6.07, 6.45) is 3.78. The van der Waals surface area contributed by atoms with Crippen LogP contribution in [0.25, 0.3) is 0 Å². The number of methoxy groups -OCH3 is 1. The highest BCUT2D eigenvalue weighted by atomic mass is 16.5. The van der Waals surface area contributed by atoms with E-state index < -0.39 is 0 Å². The Morgan fingerprint density at radius 2 is 1.94 bits per heavy atom. The second kappa shape index (κ2) is 7.34. The lowest BCUT2D eigenvalue weighted by Crippen LogP contribution is -2.46. The van der Waals surface area contributed by atoms with Crippen molar-refractivity contribution in [2.75, 3.05) is 46.9 Å². The summed E-state index contributed by atoms with van der Waals surface area (Å²) in [7, 11) is 4.08. The molecular weight excluding hydrogens is 212 g/mol. The molecule has 1 fully saturated rings. The molecule has 0 saturated carbocycles. The minimum absolute atomic E-state index is 0.381. The van der Waals surface area contributed by atoms with Gasteiger partial charge in [-0.25, -0.2) is 0 Å². The standard InChI is InChI=1S/C14H30N2O/c1-13(2)5-10-16(3)11-14(12-17-4)6-8-15-9-7-14/h13,15H,5-12H2,1-4H3. The molecular formula is C14H30N2O. The van der Waals surface area contributed by atoms with E-state index in [1.807, 2.05) is 7.11 Å². The SMILES string of the molecule is COCC1(CN(C)CCC(C)C)CCNCC1. The number of rotatable bonds is 7. The van der Waals surface area contributed by atoms with Crippen molar-refractivity contribution in [2.45, 2.75) is 33.1 Å². The van der Waals surface area contributed by atoms with Crippen LogP contribution in [0.3, 0.4) is 0 Å². The van der Waals surface area contributed by atoms with Crippen LogP contribution in [0.15, 0.2) is 0 Å². The normalized spacial score (nSPS) is 20.1. The Kier molecular flexibility index (Phi) is 6.45. The number of nitrogens with one attached hydrogen (secondary N) is 1. The Morgan fingerprint density at radius 1 is 1.29 bits per heavy atom. The van der Waals surface area contributed by atoms with Gasteiger partial charge in [0.15, 0.2) is 0 Å². The predicted molar refractivity (Wildman–Crippen MR) is 73.4 cm³/mol. The highest BCUT2D eigenvalue weighted by Crippen LogP contribution is 2.30. The lowest BCUT2D eigenvalue weighted by Gasteiger charge is -2.40. The van der Waals surface area contributed by atoms with Crippen LogP contribution in [0, 0.1) is 11.3 Å². The van der Waals surface area contributed by atoms with Crippen LogP contribution in [0.5, 0.6) is 0 Å². The van der Waals surface area contributed by atoms with Gasteiger partial charge in [-0.3, -0.25) is 0 Å². The van der Waals surface area contributed by atoms with Gasteiger partial charge in [-0.05, 0) is 51.9 Å². The fourth-order valence-corrected chi connectivity index (χ4v) is 2.74. The smallest absolute Gasteiger partial charge is 0.0531 e. The van der Waals surface area contributed by atoms with Crippen LogP contribution in [0.4, 0.5) is 0 Å². The molecule has 0 aromatic rings. The zero-order chi connectivity index (χ0) is 12.7. The summed E-state index contributed by atoms with van der Waals surface area (Å²) in [5.74, 6) is 0.795. The predicted octanol–water partition coefficient (Wildman–Crippen LogP) is 1.98. The summed E-state index contributed by atoms with van der Waals surface area (Å²) >= 11 is 0. The quantitative estimate of drug-likeness (QED) is 0.739. The Labute approximate surface area is 107 Å². The molecule has 0 spiro atoms. The van der Waals surface area contributed by atoms with Crippen molar-refractivity contribution in [1.29, 1.82) is 0 Å². The highest BCUT2D eigenvalue weighted by molar-refractivity contribution is 4.87. The molecule has 17 heavy (non-hydrogen) atoms. The summed E-state index contributed by atoms with van der Waals surface area (Å²) in [5, 5.41) is 3.45. The fourth-order valence-electron chi connectivity index (χ4n) is 2.74. The summed E-state index contributed by atoms with van der Waals surface area (Å²) in [6.45, 7) is 10.2. The lowest BCUT2D eigenvalue weighted by atomic mass is 9.79. The second-order valence-electron chi connectivity index (χ2n) is 6.10. The van der Waals surface area contributed by atoms with Crippen molar-refractivity contribution in [1.82, 2.24) is 10.2 Å². The zero-order valence-electron chi connectivity index (χ0n) is 12.1. The third-order valence-corrected chi connectivity index (χ3v) is 3.81. The fraction of sp³-hybridized carbons (Fsp3) is 1.00. The van der Waals surface area contributed by atoms with E-state index in [2.05, 4.69) is 31.1 Å². The molecule has 1 N–H and O–H groups in total. The molecule has 0 radical (unpaired) electrons. The largest absolute Gasteiger partial charge is 0.384 e. The van der Waals surface area contributed by atoms with Crippen LogP contribution >= 0.6 is 0 Å². The molecule has 0 aromatic carbocycles. The molecule has 102 valence electrons. The van der Waals surface area contributed by atoms with Crippen molar-refractivity contribution in [3.63, 3.8) is 0 Å². The minimum Gasteiger partial charge on any atom is -0.384 e. The molecule has 1 aliphatic heterocycles. The molecule has 0 atom stereocenters. The zero-order valence-corrected chi connectivity index (χ0v) is 12.1. The van der Waals surface area contributed by atoms with E-state index in [1.165, 1.54) is 32.4 Å². The molecule has 0 aromatic heterocycles. The summed E-state index contributed by atoms with van der Waals surface area (Å²) in [5.41, 5.74) is 0.381. The maximum atomic E-state index is 5.46. The van der Waals surface area contributed by atoms with Crippen LogP contribution in [0.2, 0.25) is 0 Å². The third-order valence-electron chi connectivity index (χ3n) is 3.81. The first-order valence-corrected chi connectivity index (χ1v) is 6.96.